The van der Waals surface area contributed by atoms with Crippen molar-refractivity contribution >= 4 is 0 Å². The first kappa shape index (κ1) is 27.4. The Morgan fingerprint density at radius 2 is 1.56 bits per heavy atom. The summed E-state index contributed by atoms with van der Waals surface area (Å²) < 4.78 is 6.20. The van der Waals surface area contributed by atoms with E-state index in [1.165, 1.54) is 44.9 Å². The van der Waals surface area contributed by atoms with Gasteiger partial charge in [-0.2, -0.15) is 0 Å². The smallest absolute Gasteiger partial charge is 0.0880 e. The maximum Gasteiger partial charge on any atom is 0.0880 e. The van der Waals surface area contributed by atoms with Crippen molar-refractivity contribution in [2.24, 2.45) is 46.3 Å². The first-order chi connectivity index (χ1) is 16.9. The van der Waals surface area contributed by atoms with Gasteiger partial charge in [0, 0.05) is 0 Å². The molecule has 36 heavy (non-hydrogen) atoms. The highest BCUT2D eigenvalue weighted by Gasteiger charge is 2.62. The Labute approximate surface area is 221 Å². The Kier molecular flexibility index (Phi) is 7.45. The lowest BCUT2D eigenvalue weighted by Crippen LogP contribution is -2.59. The Morgan fingerprint density at radius 1 is 0.889 bits per heavy atom. The van der Waals surface area contributed by atoms with Crippen molar-refractivity contribution in [1.29, 1.82) is 0 Å². The summed E-state index contributed by atoms with van der Waals surface area (Å²) in [5.74, 6) is 4.31. The molecule has 4 nitrogen and oxygen atoms in total. The average molecular weight is 505 g/mol. The van der Waals surface area contributed by atoms with Crippen molar-refractivity contribution < 1.29 is 20.1 Å². The van der Waals surface area contributed by atoms with Gasteiger partial charge in [0.15, 0.2) is 0 Å². The molecular weight excluding hydrogens is 448 g/mol. The highest BCUT2D eigenvalue weighted by atomic mass is 16.5. The van der Waals surface area contributed by atoms with Gasteiger partial charge in [0.05, 0.1) is 30.0 Å². The summed E-state index contributed by atoms with van der Waals surface area (Å²) in [4.78, 5) is 0. The van der Waals surface area contributed by atoms with Crippen molar-refractivity contribution in [3.8, 4) is 0 Å². The van der Waals surface area contributed by atoms with E-state index < -0.39 is 11.2 Å². The molecule has 10 atom stereocenters. The highest BCUT2D eigenvalue weighted by Crippen LogP contribution is 2.68. The molecule has 5 aliphatic rings. The number of aliphatic hydroxyl groups excluding tert-OH is 1. The van der Waals surface area contributed by atoms with Gasteiger partial charge in [-0.1, -0.05) is 33.6 Å². The summed E-state index contributed by atoms with van der Waals surface area (Å²) in [6.07, 6.45) is 15.6. The molecule has 208 valence electrons. The molecule has 5 fully saturated rings. The van der Waals surface area contributed by atoms with Crippen LogP contribution in [0, 0.1) is 46.3 Å². The van der Waals surface area contributed by atoms with Crippen LogP contribution in [0.4, 0.5) is 0 Å². The summed E-state index contributed by atoms with van der Waals surface area (Å²) in [6.45, 7) is 11.9. The molecule has 5 rings (SSSR count). The topological polar surface area (TPSA) is 69.9 Å². The zero-order chi connectivity index (χ0) is 25.9. The Balaban J connectivity index is 1.23. The fraction of sp³-hybridized carbons (Fsp3) is 1.00. The van der Waals surface area contributed by atoms with Crippen LogP contribution in [0.1, 0.15) is 125 Å². The van der Waals surface area contributed by atoms with Gasteiger partial charge in [0.1, 0.15) is 0 Å². The predicted octanol–water partition coefficient (Wildman–Crippen LogP) is 6.49. The molecule has 4 heteroatoms. The minimum absolute atomic E-state index is 0.0984. The van der Waals surface area contributed by atoms with Crippen molar-refractivity contribution in [1.82, 2.24) is 0 Å². The molecule has 5 saturated carbocycles. The quantitative estimate of drug-likeness (QED) is 0.353. The summed E-state index contributed by atoms with van der Waals surface area (Å²) in [5.41, 5.74) is -0.474. The fourth-order valence-electron chi connectivity index (χ4n) is 10.5. The molecular formula is C32H56O4. The van der Waals surface area contributed by atoms with Crippen LogP contribution in [-0.2, 0) is 4.74 Å². The van der Waals surface area contributed by atoms with E-state index in [4.69, 9.17) is 4.74 Å². The minimum Gasteiger partial charge on any atom is -0.390 e. The fourth-order valence-corrected chi connectivity index (χ4v) is 10.5. The lowest BCUT2D eigenvalue weighted by molar-refractivity contribution is -0.202. The molecule has 0 aromatic heterocycles. The first-order valence-electron chi connectivity index (χ1n) is 15.6. The van der Waals surface area contributed by atoms with Crippen LogP contribution >= 0.6 is 0 Å². The minimum atomic E-state index is -0.629. The second-order valence-corrected chi connectivity index (χ2v) is 15.4. The van der Waals surface area contributed by atoms with E-state index in [0.29, 0.717) is 17.9 Å². The molecule has 0 aromatic rings. The number of hydrogen-bond donors (Lipinski definition) is 3. The van der Waals surface area contributed by atoms with Gasteiger partial charge in [-0.15, -0.1) is 0 Å². The van der Waals surface area contributed by atoms with Crippen LogP contribution < -0.4 is 0 Å². The average Bonchev–Trinajstić information content (AvgIpc) is 3.14. The van der Waals surface area contributed by atoms with E-state index >= 15 is 0 Å². The van der Waals surface area contributed by atoms with Crippen molar-refractivity contribution in [3.05, 3.63) is 0 Å². The van der Waals surface area contributed by atoms with E-state index in [-0.39, 0.29) is 17.6 Å². The molecule has 0 spiro atoms. The van der Waals surface area contributed by atoms with Gasteiger partial charge in [0.25, 0.3) is 0 Å². The number of aliphatic hydroxyl groups is 3. The van der Waals surface area contributed by atoms with Crippen LogP contribution in [0.25, 0.3) is 0 Å². The van der Waals surface area contributed by atoms with E-state index in [2.05, 4.69) is 20.8 Å². The lowest BCUT2D eigenvalue weighted by atomic mass is 9.44. The lowest BCUT2D eigenvalue weighted by Gasteiger charge is -2.62. The van der Waals surface area contributed by atoms with E-state index in [1.807, 2.05) is 13.8 Å². The summed E-state index contributed by atoms with van der Waals surface area (Å²) >= 11 is 0. The van der Waals surface area contributed by atoms with Gasteiger partial charge in [-0.25, -0.2) is 0 Å². The second-order valence-electron chi connectivity index (χ2n) is 15.4. The maximum absolute atomic E-state index is 11.5. The highest BCUT2D eigenvalue weighted by molar-refractivity contribution is 5.11. The van der Waals surface area contributed by atoms with Crippen LogP contribution in [0.2, 0.25) is 0 Å². The van der Waals surface area contributed by atoms with Crippen LogP contribution in [0.5, 0.6) is 0 Å². The van der Waals surface area contributed by atoms with E-state index in [9.17, 15) is 15.3 Å². The third kappa shape index (κ3) is 4.84. The van der Waals surface area contributed by atoms with Gasteiger partial charge in [-0.3, -0.25) is 0 Å². The maximum atomic E-state index is 11.5. The monoisotopic (exact) mass is 504 g/mol. The summed E-state index contributed by atoms with van der Waals surface area (Å²) in [7, 11) is 0. The van der Waals surface area contributed by atoms with Gasteiger partial charge >= 0.3 is 0 Å². The summed E-state index contributed by atoms with van der Waals surface area (Å²) in [6, 6.07) is 0. The summed E-state index contributed by atoms with van der Waals surface area (Å²) in [5, 5.41) is 32.1. The number of hydrogen-bond acceptors (Lipinski definition) is 4. The third-order valence-corrected chi connectivity index (χ3v) is 12.8. The molecule has 0 aliphatic heterocycles. The van der Waals surface area contributed by atoms with Gasteiger partial charge in [0.2, 0.25) is 0 Å². The predicted molar refractivity (Wildman–Crippen MR) is 144 cm³/mol. The van der Waals surface area contributed by atoms with E-state index in [0.717, 1.165) is 74.5 Å². The molecule has 0 unspecified atom stereocenters. The molecule has 5 aliphatic carbocycles. The molecule has 0 aromatic carbocycles. The van der Waals surface area contributed by atoms with Crippen molar-refractivity contribution in [2.75, 3.05) is 6.61 Å². The molecule has 0 amide bonds. The number of rotatable bonds is 8. The van der Waals surface area contributed by atoms with Gasteiger partial charge in [-0.05, 0) is 137 Å². The first-order valence-corrected chi connectivity index (χ1v) is 15.6. The zero-order valence-electron chi connectivity index (χ0n) is 24.0. The van der Waals surface area contributed by atoms with E-state index in [1.54, 1.807) is 0 Å². The largest absolute Gasteiger partial charge is 0.390 e. The normalized spacial score (nSPS) is 46.8. The van der Waals surface area contributed by atoms with Crippen molar-refractivity contribution in [3.63, 3.8) is 0 Å². The van der Waals surface area contributed by atoms with Crippen LogP contribution in [0.15, 0.2) is 0 Å². The second kappa shape index (κ2) is 9.79. The van der Waals surface area contributed by atoms with Crippen molar-refractivity contribution in [2.45, 2.75) is 148 Å². The molecule has 0 saturated heterocycles. The third-order valence-electron chi connectivity index (χ3n) is 12.8. The number of fused-ring (bicyclic) bond motifs is 5. The Hall–Kier alpha value is -0.160. The van der Waals surface area contributed by atoms with Crippen LogP contribution in [0.3, 0.4) is 0 Å². The molecule has 0 heterocycles. The van der Waals surface area contributed by atoms with Gasteiger partial charge < -0.3 is 20.1 Å². The molecule has 0 bridgehead atoms. The Morgan fingerprint density at radius 3 is 2.22 bits per heavy atom. The molecule has 0 radical (unpaired) electrons. The number of ether oxygens (including phenoxy) is 1. The Bertz CT molecular complexity index is 771. The van der Waals surface area contributed by atoms with Crippen LogP contribution in [-0.4, -0.2) is 45.3 Å². The molecule has 3 N–H and O–H groups in total. The standard InChI is InChI=1S/C32H56O4/c1-21(8-6-15-29(2,3)34)23-11-12-24-22-9-10-26-28(33)27(36-20-32(35)16-7-17-32)14-19-31(26,5)25(22)13-18-30(23,24)4/h21-28,33-35H,6-20H2,1-5H3/t21-,22+,23-,24+,25+,26+,27+,28-,30-,31-/m1/s1. The zero-order valence-corrected chi connectivity index (χ0v) is 24.0. The SMILES string of the molecule is C[C@H](CCCC(C)(C)O)[C@H]1CC[C@H]2[C@@H]3CC[C@H]4[C@@H](O)[C@@H](OCC5(O)CCC5)CC[C@]4(C)[C@H]3CC[C@]12C.